The van der Waals surface area contributed by atoms with Crippen molar-refractivity contribution in [2.45, 2.75) is 140 Å². The zero-order valence-corrected chi connectivity index (χ0v) is 21.1. The van der Waals surface area contributed by atoms with E-state index in [1.165, 1.54) is 103 Å². The Bertz CT molecular complexity index is 402. The predicted molar refractivity (Wildman–Crippen MR) is 132 cm³/mol. The Hall–Kier alpha value is -0.0900. The van der Waals surface area contributed by atoms with E-state index in [1.54, 1.807) is 0 Å². The Morgan fingerprint density at radius 1 is 0.793 bits per heavy atom. The number of rotatable bonds is 20. The summed E-state index contributed by atoms with van der Waals surface area (Å²) in [5, 5.41) is 10.4. The van der Waals surface area contributed by atoms with E-state index in [0.29, 0.717) is 0 Å². The van der Waals surface area contributed by atoms with Crippen LogP contribution < -0.4 is 0 Å². The maximum Gasteiger partial charge on any atom is 0.129 e. The number of nitrogens with zero attached hydrogens (tertiary/aromatic N) is 2. The molecule has 0 aliphatic carbocycles. The molecule has 1 rings (SSSR count). The Balaban J connectivity index is 1.81. The van der Waals surface area contributed by atoms with Crippen molar-refractivity contribution in [3.05, 3.63) is 0 Å². The first-order chi connectivity index (χ1) is 14.2. The van der Waals surface area contributed by atoms with Crippen LogP contribution >= 0.6 is 15.9 Å². The SMILES string of the molecule is CCCCCCCCCCCCCCCCCCCC(O)C1=NC(Br)CN1CC. The fraction of sp³-hybridized carbons (Fsp3) is 0.960. The van der Waals surface area contributed by atoms with Gasteiger partial charge in [-0.1, -0.05) is 132 Å². The molecule has 0 fully saturated rings. The van der Waals surface area contributed by atoms with Crippen LogP contribution in [0.1, 0.15) is 129 Å². The van der Waals surface area contributed by atoms with Gasteiger partial charge in [-0.3, -0.25) is 4.99 Å². The first kappa shape index (κ1) is 26.9. The highest BCUT2D eigenvalue weighted by molar-refractivity contribution is 9.09. The fourth-order valence-corrected chi connectivity index (χ4v) is 4.88. The molecule has 29 heavy (non-hydrogen) atoms. The Morgan fingerprint density at radius 2 is 1.21 bits per heavy atom. The molecular weight excluding hydrogens is 424 g/mol. The van der Waals surface area contributed by atoms with Gasteiger partial charge in [-0.2, -0.15) is 0 Å². The molecule has 2 atom stereocenters. The summed E-state index contributed by atoms with van der Waals surface area (Å²) in [5.41, 5.74) is 0. The minimum Gasteiger partial charge on any atom is -0.385 e. The molecule has 0 saturated heterocycles. The van der Waals surface area contributed by atoms with Gasteiger partial charge in [-0.05, 0) is 13.3 Å². The van der Waals surface area contributed by atoms with Crippen LogP contribution in [0.3, 0.4) is 0 Å². The number of aliphatic hydroxyl groups is 1. The molecule has 1 heterocycles. The third-order valence-electron chi connectivity index (χ3n) is 6.23. The van der Waals surface area contributed by atoms with Gasteiger partial charge in [0.2, 0.25) is 0 Å². The summed E-state index contributed by atoms with van der Waals surface area (Å²) in [7, 11) is 0. The van der Waals surface area contributed by atoms with Crippen LogP contribution in [0, 0.1) is 0 Å². The Kier molecular flexibility index (Phi) is 17.3. The van der Waals surface area contributed by atoms with Crippen molar-refractivity contribution in [3.8, 4) is 0 Å². The maximum atomic E-state index is 10.4. The molecule has 0 amide bonds. The lowest BCUT2D eigenvalue weighted by molar-refractivity contribution is 0.210. The molecule has 1 aliphatic heterocycles. The van der Waals surface area contributed by atoms with E-state index in [2.05, 4.69) is 39.7 Å². The zero-order chi connectivity index (χ0) is 21.2. The third-order valence-corrected chi connectivity index (χ3v) is 6.72. The number of aliphatic imine (C=N–C) groups is 1. The quantitative estimate of drug-likeness (QED) is 0.111. The largest absolute Gasteiger partial charge is 0.385 e. The first-order valence-electron chi connectivity index (χ1n) is 12.8. The molecule has 3 nitrogen and oxygen atoms in total. The second-order valence-corrected chi connectivity index (χ2v) is 9.98. The highest BCUT2D eigenvalue weighted by Crippen LogP contribution is 2.19. The van der Waals surface area contributed by atoms with E-state index in [9.17, 15) is 5.11 Å². The van der Waals surface area contributed by atoms with Gasteiger partial charge in [0.15, 0.2) is 0 Å². The minimum atomic E-state index is -0.381. The lowest BCUT2D eigenvalue weighted by Crippen LogP contribution is -2.36. The average Bonchev–Trinajstić information content (AvgIpc) is 3.11. The van der Waals surface area contributed by atoms with Crippen LogP contribution in [0.2, 0.25) is 0 Å². The lowest BCUT2D eigenvalue weighted by atomic mass is 10.0. The molecule has 0 aromatic heterocycles. The summed E-state index contributed by atoms with van der Waals surface area (Å²) < 4.78 is 0. The lowest BCUT2D eigenvalue weighted by Gasteiger charge is -2.22. The van der Waals surface area contributed by atoms with E-state index in [1.807, 2.05) is 0 Å². The summed E-state index contributed by atoms with van der Waals surface area (Å²) in [5.74, 6) is 0.894. The molecule has 0 bridgehead atoms. The van der Waals surface area contributed by atoms with Crippen LogP contribution in [0.25, 0.3) is 0 Å². The number of hydrogen-bond acceptors (Lipinski definition) is 3. The topological polar surface area (TPSA) is 35.8 Å². The second kappa shape index (κ2) is 18.7. The van der Waals surface area contributed by atoms with Crippen LogP contribution in [-0.4, -0.2) is 40.0 Å². The molecule has 1 aliphatic rings. The second-order valence-electron chi connectivity index (χ2n) is 8.92. The van der Waals surface area contributed by atoms with Crippen molar-refractivity contribution in [1.29, 1.82) is 0 Å². The molecule has 1 N–H and O–H groups in total. The summed E-state index contributed by atoms with van der Waals surface area (Å²) in [4.78, 5) is 6.89. The standard InChI is InChI=1S/C25H49BrN2O/c1-3-5-6-7-8-9-10-11-12-13-14-15-16-17-18-19-20-21-23(29)25-27-24(26)22-28(25)4-2/h23-24,29H,3-22H2,1-2H3. The van der Waals surface area contributed by atoms with Crippen molar-refractivity contribution < 1.29 is 5.11 Å². The summed E-state index contributed by atoms with van der Waals surface area (Å²) in [6.07, 6.45) is 24.1. The van der Waals surface area contributed by atoms with Crippen molar-refractivity contribution >= 4 is 21.8 Å². The summed E-state index contributed by atoms with van der Waals surface area (Å²) in [6, 6.07) is 0. The third kappa shape index (κ3) is 13.8. The number of amidine groups is 1. The summed E-state index contributed by atoms with van der Waals surface area (Å²) >= 11 is 3.54. The molecule has 0 spiro atoms. The van der Waals surface area contributed by atoms with Gasteiger partial charge < -0.3 is 10.0 Å². The molecule has 0 radical (unpaired) electrons. The van der Waals surface area contributed by atoms with Crippen LogP contribution in [0.4, 0.5) is 0 Å². The normalized spacial score (nSPS) is 17.7. The molecule has 0 aromatic rings. The minimum absolute atomic E-state index is 0.155. The maximum absolute atomic E-state index is 10.4. The van der Waals surface area contributed by atoms with Gasteiger partial charge in [0.1, 0.15) is 16.9 Å². The Labute approximate surface area is 190 Å². The van der Waals surface area contributed by atoms with Gasteiger partial charge in [0.05, 0.1) is 6.54 Å². The summed E-state index contributed by atoms with van der Waals surface area (Å²) in [6.45, 7) is 6.24. The molecule has 4 heteroatoms. The van der Waals surface area contributed by atoms with E-state index in [0.717, 1.165) is 31.8 Å². The number of unbranched alkanes of at least 4 members (excludes halogenated alkanes) is 16. The van der Waals surface area contributed by atoms with Crippen molar-refractivity contribution in [3.63, 3.8) is 0 Å². The number of halogens is 1. The predicted octanol–water partition coefficient (Wildman–Crippen LogP) is 7.84. The number of likely N-dealkylation sites (N-methyl/N-ethyl adjacent to an activating group) is 1. The Morgan fingerprint density at radius 3 is 1.62 bits per heavy atom. The van der Waals surface area contributed by atoms with E-state index in [-0.39, 0.29) is 11.1 Å². The van der Waals surface area contributed by atoms with Crippen LogP contribution in [-0.2, 0) is 0 Å². The molecule has 0 saturated carbocycles. The van der Waals surface area contributed by atoms with Gasteiger partial charge in [-0.25, -0.2) is 0 Å². The molecule has 172 valence electrons. The molecule has 2 unspecified atom stereocenters. The smallest absolute Gasteiger partial charge is 0.129 e. The van der Waals surface area contributed by atoms with E-state index < -0.39 is 0 Å². The van der Waals surface area contributed by atoms with Gasteiger partial charge >= 0.3 is 0 Å². The average molecular weight is 474 g/mol. The zero-order valence-electron chi connectivity index (χ0n) is 19.5. The number of hydrogen-bond donors (Lipinski definition) is 1. The molecule has 0 aromatic carbocycles. The number of alkyl halides is 1. The highest BCUT2D eigenvalue weighted by atomic mass is 79.9. The monoisotopic (exact) mass is 472 g/mol. The number of aliphatic hydroxyl groups excluding tert-OH is 1. The van der Waals surface area contributed by atoms with E-state index in [4.69, 9.17) is 0 Å². The van der Waals surface area contributed by atoms with Crippen molar-refractivity contribution in [2.75, 3.05) is 13.1 Å². The van der Waals surface area contributed by atoms with E-state index >= 15 is 0 Å². The van der Waals surface area contributed by atoms with Gasteiger partial charge in [-0.15, -0.1) is 0 Å². The van der Waals surface area contributed by atoms with Crippen molar-refractivity contribution in [1.82, 2.24) is 4.90 Å². The fourth-order valence-electron chi connectivity index (χ4n) is 4.32. The molecular formula is C25H49BrN2O. The van der Waals surface area contributed by atoms with Gasteiger partial charge in [0, 0.05) is 6.54 Å². The van der Waals surface area contributed by atoms with Gasteiger partial charge in [0.25, 0.3) is 0 Å². The van der Waals surface area contributed by atoms with Crippen LogP contribution in [0.5, 0.6) is 0 Å². The first-order valence-corrected chi connectivity index (χ1v) is 13.7. The van der Waals surface area contributed by atoms with Crippen LogP contribution in [0.15, 0.2) is 4.99 Å². The van der Waals surface area contributed by atoms with Crippen molar-refractivity contribution in [2.24, 2.45) is 4.99 Å². The highest BCUT2D eigenvalue weighted by Gasteiger charge is 2.26.